The van der Waals surface area contributed by atoms with Crippen LogP contribution < -0.4 is 0 Å². The zero-order chi connectivity index (χ0) is 16.2. The van der Waals surface area contributed by atoms with Gasteiger partial charge in [-0.15, -0.1) is 0 Å². The predicted molar refractivity (Wildman–Crippen MR) is 87.0 cm³/mol. The van der Waals surface area contributed by atoms with Crippen LogP contribution in [-0.4, -0.2) is 28.4 Å². The summed E-state index contributed by atoms with van der Waals surface area (Å²) in [5.41, 5.74) is 2.84. The Hall–Kier alpha value is -2.62. The van der Waals surface area contributed by atoms with Gasteiger partial charge in [0.25, 0.3) is 0 Å². The maximum absolute atomic E-state index is 12.6. The number of carboxylic acid groups (broad SMARTS) is 1. The first-order chi connectivity index (χ1) is 11.2. The highest BCUT2D eigenvalue weighted by Gasteiger charge is 2.35. The summed E-state index contributed by atoms with van der Waals surface area (Å²) in [5, 5.41) is 9.60. The van der Waals surface area contributed by atoms with Gasteiger partial charge in [0.05, 0.1) is 0 Å². The van der Waals surface area contributed by atoms with Crippen molar-refractivity contribution in [1.29, 1.82) is 0 Å². The van der Waals surface area contributed by atoms with Crippen LogP contribution in [0.25, 0.3) is 0 Å². The fourth-order valence-electron chi connectivity index (χ4n) is 3.14. The second-order valence-electron chi connectivity index (χ2n) is 5.76. The van der Waals surface area contributed by atoms with E-state index >= 15 is 0 Å². The molecule has 4 heteroatoms. The molecule has 1 atom stereocenters. The molecule has 0 saturated carbocycles. The third-order valence-electron chi connectivity index (χ3n) is 4.31. The van der Waals surface area contributed by atoms with E-state index in [2.05, 4.69) is 0 Å². The normalized spacial score (nSPS) is 16.7. The number of amides is 1. The van der Waals surface area contributed by atoms with Crippen molar-refractivity contribution in [1.82, 2.24) is 4.90 Å². The van der Waals surface area contributed by atoms with Gasteiger partial charge in [-0.2, -0.15) is 0 Å². The maximum Gasteiger partial charge on any atom is 0.331 e. The van der Waals surface area contributed by atoms with Crippen molar-refractivity contribution in [2.24, 2.45) is 0 Å². The number of carboxylic acids is 1. The summed E-state index contributed by atoms with van der Waals surface area (Å²) < 4.78 is 0. The summed E-state index contributed by atoms with van der Waals surface area (Å²) in [4.78, 5) is 25.8. The van der Waals surface area contributed by atoms with Crippen LogP contribution in [0, 0.1) is 0 Å². The summed E-state index contributed by atoms with van der Waals surface area (Å²) in [7, 11) is 0. The molecule has 1 heterocycles. The van der Waals surface area contributed by atoms with Crippen LogP contribution in [0.4, 0.5) is 0 Å². The smallest absolute Gasteiger partial charge is 0.331 e. The Morgan fingerprint density at radius 1 is 1.04 bits per heavy atom. The molecule has 0 aliphatic carbocycles. The third-order valence-corrected chi connectivity index (χ3v) is 4.31. The number of aryl methyl sites for hydroxylation is 1. The lowest BCUT2D eigenvalue weighted by atomic mass is 9.92. The van der Waals surface area contributed by atoms with Crippen molar-refractivity contribution in [3.63, 3.8) is 0 Å². The monoisotopic (exact) mass is 309 g/mol. The molecule has 118 valence electrons. The molecular weight excluding hydrogens is 290 g/mol. The number of rotatable bonds is 4. The highest BCUT2D eigenvalue weighted by atomic mass is 16.4. The number of carbonyl (C=O) groups excluding carboxylic acids is 1. The molecule has 0 spiro atoms. The predicted octanol–water partition coefficient (Wildman–Crippen LogP) is 2.83. The van der Waals surface area contributed by atoms with E-state index in [1.807, 2.05) is 54.6 Å². The number of benzene rings is 2. The number of carbonyl (C=O) groups is 2. The number of hydrogen-bond donors (Lipinski definition) is 1. The van der Waals surface area contributed by atoms with Gasteiger partial charge in [-0.25, -0.2) is 4.79 Å². The van der Waals surface area contributed by atoms with Crippen molar-refractivity contribution < 1.29 is 14.7 Å². The second-order valence-corrected chi connectivity index (χ2v) is 5.76. The Morgan fingerprint density at radius 2 is 1.74 bits per heavy atom. The maximum atomic E-state index is 12.6. The lowest BCUT2D eigenvalue weighted by molar-refractivity contribution is -0.151. The van der Waals surface area contributed by atoms with Crippen LogP contribution in [-0.2, 0) is 22.4 Å². The zero-order valence-corrected chi connectivity index (χ0v) is 12.8. The Bertz CT molecular complexity index is 712. The van der Waals surface area contributed by atoms with E-state index in [1.165, 1.54) is 4.90 Å². The minimum atomic E-state index is -0.967. The van der Waals surface area contributed by atoms with Crippen molar-refractivity contribution in [2.75, 3.05) is 6.54 Å². The lowest BCUT2D eigenvalue weighted by Crippen LogP contribution is -2.43. The number of fused-ring (bicyclic) bond motifs is 1. The molecule has 2 aromatic rings. The first kappa shape index (κ1) is 15.3. The Kier molecular flexibility index (Phi) is 4.42. The molecule has 1 N–H and O–H groups in total. The van der Waals surface area contributed by atoms with Gasteiger partial charge in [0.1, 0.15) is 0 Å². The molecule has 0 bridgehead atoms. The van der Waals surface area contributed by atoms with Gasteiger partial charge in [-0.05, 0) is 29.5 Å². The molecule has 1 aliphatic rings. The fraction of sp³-hybridized carbons (Fsp3) is 0.263. The van der Waals surface area contributed by atoms with E-state index in [0.717, 1.165) is 16.7 Å². The van der Waals surface area contributed by atoms with E-state index < -0.39 is 12.0 Å². The van der Waals surface area contributed by atoms with E-state index in [0.29, 0.717) is 25.8 Å². The first-order valence-corrected chi connectivity index (χ1v) is 7.81. The molecular formula is C19H19NO3. The van der Waals surface area contributed by atoms with Crippen LogP contribution in [0.3, 0.4) is 0 Å². The van der Waals surface area contributed by atoms with E-state index in [4.69, 9.17) is 0 Å². The molecule has 4 nitrogen and oxygen atoms in total. The third kappa shape index (κ3) is 3.26. The topological polar surface area (TPSA) is 57.6 Å². The number of nitrogens with zero attached hydrogens (tertiary/aromatic N) is 1. The Balaban J connectivity index is 1.76. The summed E-state index contributed by atoms with van der Waals surface area (Å²) in [6.45, 7) is 0.460. The Morgan fingerprint density at radius 3 is 2.48 bits per heavy atom. The summed E-state index contributed by atoms with van der Waals surface area (Å²) >= 11 is 0. The van der Waals surface area contributed by atoms with Crippen molar-refractivity contribution in [3.05, 3.63) is 71.3 Å². The SMILES string of the molecule is O=C(O)C1c2ccccc2CCN1C(=O)CCc1ccccc1. The average Bonchev–Trinajstić information content (AvgIpc) is 2.59. The summed E-state index contributed by atoms with van der Waals surface area (Å²) in [6, 6.07) is 16.4. The Labute approximate surface area is 135 Å². The molecule has 3 rings (SSSR count). The fourth-order valence-corrected chi connectivity index (χ4v) is 3.14. The molecule has 2 aromatic carbocycles. The first-order valence-electron chi connectivity index (χ1n) is 7.81. The van der Waals surface area contributed by atoms with Crippen LogP contribution >= 0.6 is 0 Å². The largest absolute Gasteiger partial charge is 0.479 e. The standard InChI is InChI=1S/C19H19NO3/c21-17(11-10-14-6-2-1-3-7-14)20-13-12-15-8-4-5-9-16(15)18(20)19(22)23/h1-9,18H,10-13H2,(H,22,23). The van der Waals surface area contributed by atoms with Gasteiger partial charge in [-0.3, -0.25) is 4.79 Å². The van der Waals surface area contributed by atoms with Gasteiger partial charge >= 0.3 is 5.97 Å². The number of aliphatic carboxylic acids is 1. The molecule has 23 heavy (non-hydrogen) atoms. The molecule has 1 amide bonds. The van der Waals surface area contributed by atoms with Crippen molar-refractivity contribution in [3.8, 4) is 0 Å². The summed E-state index contributed by atoms with van der Waals surface area (Å²) in [6.07, 6.45) is 1.66. The zero-order valence-electron chi connectivity index (χ0n) is 12.8. The van der Waals surface area contributed by atoms with Crippen molar-refractivity contribution in [2.45, 2.75) is 25.3 Å². The highest BCUT2D eigenvalue weighted by molar-refractivity contribution is 5.85. The second kappa shape index (κ2) is 6.65. The molecule has 1 aliphatic heterocycles. The average molecular weight is 309 g/mol. The molecule has 0 saturated heterocycles. The molecule has 0 fully saturated rings. The summed E-state index contributed by atoms with van der Waals surface area (Å²) in [5.74, 6) is -1.07. The van der Waals surface area contributed by atoms with E-state index in [-0.39, 0.29) is 5.91 Å². The van der Waals surface area contributed by atoms with Gasteiger partial charge in [0, 0.05) is 13.0 Å². The molecule has 0 aromatic heterocycles. The van der Waals surface area contributed by atoms with Gasteiger partial charge in [0.15, 0.2) is 6.04 Å². The number of hydrogen-bond acceptors (Lipinski definition) is 2. The quantitative estimate of drug-likeness (QED) is 0.945. The van der Waals surface area contributed by atoms with Crippen LogP contribution in [0.2, 0.25) is 0 Å². The molecule has 0 radical (unpaired) electrons. The highest BCUT2D eigenvalue weighted by Crippen LogP contribution is 2.30. The van der Waals surface area contributed by atoms with Gasteiger partial charge in [-0.1, -0.05) is 54.6 Å². The van der Waals surface area contributed by atoms with Crippen LogP contribution in [0.1, 0.15) is 29.2 Å². The molecule has 1 unspecified atom stereocenters. The minimum absolute atomic E-state index is 0.101. The van der Waals surface area contributed by atoms with Gasteiger partial charge < -0.3 is 10.0 Å². The van der Waals surface area contributed by atoms with Crippen LogP contribution in [0.5, 0.6) is 0 Å². The van der Waals surface area contributed by atoms with Gasteiger partial charge in [0.2, 0.25) is 5.91 Å². The van der Waals surface area contributed by atoms with Crippen LogP contribution in [0.15, 0.2) is 54.6 Å². The van der Waals surface area contributed by atoms with E-state index in [1.54, 1.807) is 0 Å². The van der Waals surface area contributed by atoms with Crippen molar-refractivity contribution >= 4 is 11.9 Å². The minimum Gasteiger partial charge on any atom is -0.479 e. The lowest BCUT2D eigenvalue weighted by Gasteiger charge is -2.34. The van der Waals surface area contributed by atoms with E-state index in [9.17, 15) is 14.7 Å².